The van der Waals surface area contributed by atoms with Crippen molar-refractivity contribution in [3.8, 4) is 0 Å². The van der Waals surface area contributed by atoms with E-state index in [-0.39, 0.29) is 12.1 Å². The zero-order valence-electron chi connectivity index (χ0n) is 12.8. The minimum Gasteiger partial charge on any atom is -0.394 e. The van der Waals surface area contributed by atoms with Crippen LogP contribution in [0.5, 0.6) is 0 Å². The molecule has 0 bridgehead atoms. The van der Waals surface area contributed by atoms with Gasteiger partial charge in [-0.3, -0.25) is 4.90 Å². The summed E-state index contributed by atoms with van der Waals surface area (Å²) in [7, 11) is 2.00. The number of nitrogens with one attached hydrogen (secondary N) is 1. The van der Waals surface area contributed by atoms with E-state index in [0.717, 1.165) is 26.0 Å². The molecule has 1 heterocycles. The summed E-state index contributed by atoms with van der Waals surface area (Å²) >= 11 is 0. The van der Waals surface area contributed by atoms with Gasteiger partial charge >= 0.3 is 0 Å². The lowest BCUT2D eigenvalue weighted by molar-refractivity contribution is -0.112. The number of hydrogen-bond acceptors (Lipinski definition) is 4. The number of hydrogen-bond donors (Lipinski definition) is 2. The van der Waals surface area contributed by atoms with E-state index < -0.39 is 0 Å². The van der Waals surface area contributed by atoms with Crippen molar-refractivity contribution < 1.29 is 9.84 Å². The highest BCUT2D eigenvalue weighted by Gasteiger charge is 2.42. The van der Waals surface area contributed by atoms with Crippen LogP contribution in [0.25, 0.3) is 0 Å². The molecule has 0 radical (unpaired) electrons. The Bertz CT molecular complexity index is 318. The number of ether oxygens (including phenoxy) is 1. The van der Waals surface area contributed by atoms with Gasteiger partial charge in [-0.1, -0.05) is 12.8 Å². The molecule has 2 saturated carbocycles. The van der Waals surface area contributed by atoms with E-state index in [2.05, 4.69) is 10.2 Å². The average Bonchev–Trinajstić information content (AvgIpc) is 2.54. The van der Waals surface area contributed by atoms with E-state index in [1.165, 1.54) is 38.5 Å². The Hall–Kier alpha value is -0.160. The summed E-state index contributed by atoms with van der Waals surface area (Å²) < 4.78 is 6.00. The lowest BCUT2D eigenvalue weighted by Gasteiger charge is -2.51. The molecule has 3 fully saturated rings. The van der Waals surface area contributed by atoms with Crippen LogP contribution in [-0.2, 0) is 4.74 Å². The third-order valence-corrected chi connectivity index (χ3v) is 5.90. The Morgan fingerprint density at radius 2 is 2.10 bits per heavy atom. The molecule has 4 unspecified atom stereocenters. The van der Waals surface area contributed by atoms with Crippen LogP contribution in [0.1, 0.15) is 51.4 Å². The summed E-state index contributed by atoms with van der Waals surface area (Å²) in [6, 6.07) is 1.26. The maximum atomic E-state index is 9.78. The van der Waals surface area contributed by atoms with E-state index in [1.54, 1.807) is 0 Å². The summed E-state index contributed by atoms with van der Waals surface area (Å²) in [5.74, 6) is 0. The molecule has 0 spiro atoms. The van der Waals surface area contributed by atoms with Crippen molar-refractivity contribution in [2.24, 2.45) is 0 Å². The van der Waals surface area contributed by atoms with Crippen LogP contribution < -0.4 is 5.32 Å². The second kappa shape index (κ2) is 6.30. The predicted octanol–water partition coefficient (Wildman–Crippen LogP) is 1.52. The van der Waals surface area contributed by atoms with Crippen LogP contribution in [-0.4, -0.2) is 60.5 Å². The average molecular weight is 282 g/mol. The van der Waals surface area contributed by atoms with Gasteiger partial charge in [0.15, 0.2) is 0 Å². The first-order valence-electron chi connectivity index (χ1n) is 8.45. The first-order chi connectivity index (χ1) is 9.78. The smallest absolute Gasteiger partial charge is 0.0731 e. The first-order valence-corrected chi connectivity index (χ1v) is 8.45. The van der Waals surface area contributed by atoms with E-state index in [9.17, 15) is 5.11 Å². The minimum absolute atomic E-state index is 0.0502. The maximum absolute atomic E-state index is 9.78. The molecule has 1 saturated heterocycles. The van der Waals surface area contributed by atoms with Gasteiger partial charge in [0.1, 0.15) is 0 Å². The van der Waals surface area contributed by atoms with Crippen molar-refractivity contribution in [2.75, 3.05) is 26.8 Å². The molecule has 3 rings (SSSR count). The van der Waals surface area contributed by atoms with Crippen LogP contribution in [0, 0.1) is 0 Å². The fraction of sp³-hybridized carbons (Fsp3) is 1.00. The van der Waals surface area contributed by atoms with Crippen molar-refractivity contribution in [3.63, 3.8) is 0 Å². The van der Waals surface area contributed by atoms with Crippen LogP contribution >= 0.6 is 0 Å². The fourth-order valence-corrected chi connectivity index (χ4v) is 4.64. The molecule has 4 nitrogen and oxygen atoms in total. The van der Waals surface area contributed by atoms with Crippen LogP contribution in [0.3, 0.4) is 0 Å². The highest BCUT2D eigenvalue weighted by Crippen LogP contribution is 2.36. The summed E-state index contributed by atoms with van der Waals surface area (Å²) in [5.41, 5.74) is -0.0502. The molecule has 4 atom stereocenters. The number of morpholine rings is 1. The number of rotatable bonds is 3. The Labute approximate surface area is 122 Å². The van der Waals surface area contributed by atoms with Crippen molar-refractivity contribution in [1.29, 1.82) is 0 Å². The fourth-order valence-electron chi connectivity index (χ4n) is 4.64. The van der Waals surface area contributed by atoms with Gasteiger partial charge in [-0.15, -0.1) is 0 Å². The van der Waals surface area contributed by atoms with E-state index >= 15 is 0 Å². The first kappa shape index (κ1) is 14.8. The molecular formula is C16H30N2O2. The van der Waals surface area contributed by atoms with Gasteiger partial charge in [0.2, 0.25) is 0 Å². The van der Waals surface area contributed by atoms with Crippen LogP contribution in [0.2, 0.25) is 0 Å². The molecule has 3 aliphatic rings. The molecule has 4 heteroatoms. The Kier molecular flexibility index (Phi) is 4.65. The summed E-state index contributed by atoms with van der Waals surface area (Å²) in [5, 5.41) is 13.2. The standard InChI is InChI=1S/C16H30N2O2/c1-17-16(12-19)8-4-5-13(11-16)18-9-10-20-15-7-3-2-6-14(15)18/h13-15,17,19H,2-12H2,1H3. The number of aliphatic hydroxyl groups excluding tert-OH is 1. The number of nitrogens with zero attached hydrogens (tertiary/aromatic N) is 1. The SMILES string of the molecule is CNC1(CO)CCCC(N2CCOC3CCCCC32)C1. The van der Waals surface area contributed by atoms with Crippen LogP contribution in [0.15, 0.2) is 0 Å². The summed E-state index contributed by atoms with van der Waals surface area (Å²) in [6.45, 7) is 2.23. The van der Waals surface area contributed by atoms with Gasteiger partial charge in [-0.25, -0.2) is 0 Å². The normalized spacial score (nSPS) is 43.2. The molecule has 0 aromatic rings. The van der Waals surface area contributed by atoms with E-state index in [4.69, 9.17) is 4.74 Å². The third-order valence-electron chi connectivity index (χ3n) is 5.90. The maximum Gasteiger partial charge on any atom is 0.0731 e. The number of likely N-dealkylation sites (N-methyl/N-ethyl adjacent to an activating group) is 1. The topological polar surface area (TPSA) is 44.7 Å². The van der Waals surface area contributed by atoms with Crippen LogP contribution in [0.4, 0.5) is 0 Å². The number of aliphatic hydroxyl groups is 1. The largest absolute Gasteiger partial charge is 0.394 e. The molecule has 2 N–H and O–H groups in total. The van der Waals surface area contributed by atoms with Crippen molar-refractivity contribution in [2.45, 2.75) is 75.1 Å². The van der Waals surface area contributed by atoms with Gasteiger partial charge in [0, 0.05) is 24.2 Å². The quantitative estimate of drug-likeness (QED) is 0.824. The second-order valence-corrected chi connectivity index (χ2v) is 6.94. The Morgan fingerprint density at radius 1 is 1.25 bits per heavy atom. The third kappa shape index (κ3) is 2.76. The Morgan fingerprint density at radius 3 is 2.90 bits per heavy atom. The lowest BCUT2D eigenvalue weighted by atomic mass is 9.77. The van der Waals surface area contributed by atoms with Gasteiger partial charge < -0.3 is 15.2 Å². The van der Waals surface area contributed by atoms with E-state index in [1.807, 2.05) is 7.05 Å². The predicted molar refractivity (Wildman–Crippen MR) is 79.8 cm³/mol. The Balaban J connectivity index is 1.70. The second-order valence-electron chi connectivity index (χ2n) is 6.94. The van der Waals surface area contributed by atoms with Gasteiger partial charge in [-0.05, 0) is 45.6 Å². The van der Waals surface area contributed by atoms with Gasteiger partial charge in [-0.2, -0.15) is 0 Å². The highest BCUT2D eigenvalue weighted by molar-refractivity contribution is 4.99. The lowest BCUT2D eigenvalue weighted by Crippen LogP contribution is -2.61. The molecule has 0 aromatic heterocycles. The summed E-state index contributed by atoms with van der Waals surface area (Å²) in [6.07, 6.45) is 10.4. The molecular weight excluding hydrogens is 252 g/mol. The summed E-state index contributed by atoms with van der Waals surface area (Å²) in [4.78, 5) is 2.73. The molecule has 2 aliphatic carbocycles. The zero-order valence-corrected chi connectivity index (χ0v) is 12.8. The molecule has 1 aliphatic heterocycles. The van der Waals surface area contributed by atoms with Gasteiger partial charge in [0.25, 0.3) is 0 Å². The van der Waals surface area contributed by atoms with Crippen molar-refractivity contribution in [3.05, 3.63) is 0 Å². The molecule has 116 valence electrons. The monoisotopic (exact) mass is 282 g/mol. The van der Waals surface area contributed by atoms with Gasteiger partial charge in [0.05, 0.1) is 19.3 Å². The zero-order chi connectivity index (χ0) is 14.0. The van der Waals surface area contributed by atoms with E-state index in [0.29, 0.717) is 18.2 Å². The highest BCUT2D eigenvalue weighted by atomic mass is 16.5. The van der Waals surface area contributed by atoms with Crippen molar-refractivity contribution in [1.82, 2.24) is 10.2 Å². The minimum atomic E-state index is -0.0502. The van der Waals surface area contributed by atoms with Crippen molar-refractivity contribution >= 4 is 0 Å². The molecule has 0 amide bonds. The number of fused-ring (bicyclic) bond motifs is 1. The molecule has 20 heavy (non-hydrogen) atoms. The molecule has 0 aromatic carbocycles.